The van der Waals surface area contributed by atoms with Crippen LogP contribution in [-0.4, -0.2) is 25.3 Å². The summed E-state index contributed by atoms with van der Waals surface area (Å²) in [7, 11) is 0. The van der Waals surface area contributed by atoms with E-state index >= 15 is 0 Å². The van der Waals surface area contributed by atoms with Crippen molar-refractivity contribution in [2.24, 2.45) is 0 Å². The number of hydrogen-bond donors (Lipinski definition) is 1. The summed E-state index contributed by atoms with van der Waals surface area (Å²) in [6, 6.07) is 5.46. The molecule has 0 aliphatic heterocycles. The van der Waals surface area contributed by atoms with Crippen LogP contribution in [0.3, 0.4) is 0 Å². The molecule has 0 aromatic heterocycles. The minimum atomic E-state index is -4.36. The van der Waals surface area contributed by atoms with Crippen molar-refractivity contribution in [1.82, 2.24) is 0 Å². The maximum atomic E-state index is 11.8. The van der Waals surface area contributed by atoms with Gasteiger partial charge in [0.05, 0.1) is 13.0 Å². The van der Waals surface area contributed by atoms with Gasteiger partial charge < -0.3 is 10.1 Å². The Morgan fingerprint density at radius 2 is 2.00 bits per heavy atom. The summed E-state index contributed by atoms with van der Waals surface area (Å²) in [6.07, 6.45) is -4.47. The molecule has 0 saturated carbocycles. The summed E-state index contributed by atoms with van der Waals surface area (Å²) < 4.78 is 39.8. The first-order valence-corrected chi connectivity index (χ1v) is 5.80. The molecule has 1 N–H and O–H groups in total. The number of hydrogen-bond acceptors (Lipinski definition) is 2. The Hall–Kier alpha value is -1.56. The molecule has 19 heavy (non-hydrogen) atoms. The van der Waals surface area contributed by atoms with E-state index in [1.54, 1.807) is 12.1 Å². The van der Waals surface area contributed by atoms with E-state index in [0.717, 1.165) is 11.1 Å². The fourth-order valence-corrected chi connectivity index (χ4v) is 1.45. The first-order chi connectivity index (χ1) is 8.79. The zero-order valence-electron chi connectivity index (χ0n) is 10.8. The van der Waals surface area contributed by atoms with E-state index in [9.17, 15) is 18.0 Å². The van der Waals surface area contributed by atoms with Crippen molar-refractivity contribution >= 4 is 11.6 Å². The molecule has 1 aromatic rings. The predicted molar refractivity (Wildman–Crippen MR) is 66.0 cm³/mol. The predicted octanol–water partition coefficient (Wildman–Crippen LogP) is 3.21. The van der Waals surface area contributed by atoms with E-state index in [1.165, 1.54) is 0 Å². The van der Waals surface area contributed by atoms with Crippen molar-refractivity contribution in [3.05, 3.63) is 29.3 Å². The van der Waals surface area contributed by atoms with Crippen molar-refractivity contribution in [1.29, 1.82) is 0 Å². The first kappa shape index (κ1) is 15.5. The Labute approximate surface area is 109 Å². The third kappa shape index (κ3) is 5.74. The van der Waals surface area contributed by atoms with Crippen molar-refractivity contribution < 1.29 is 22.7 Å². The molecule has 0 heterocycles. The third-order valence-corrected chi connectivity index (χ3v) is 2.62. The molecule has 6 heteroatoms. The van der Waals surface area contributed by atoms with Crippen molar-refractivity contribution in [2.45, 2.75) is 26.4 Å². The topological polar surface area (TPSA) is 38.3 Å². The van der Waals surface area contributed by atoms with E-state index in [-0.39, 0.29) is 18.9 Å². The number of ether oxygens (including phenoxy) is 1. The molecule has 0 unspecified atom stereocenters. The molecule has 1 amide bonds. The summed E-state index contributed by atoms with van der Waals surface area (Å²) in [4.78, 5) is 11.5. The Bertz CT molecular complexity index is 444. The molecule has 0 saturated heterocycles. The Morgan fingerprint density at radius 3 is 2.63 bits per heavy atom. The van der Waals surface area contributed by atoms with E-state index in [2.05, 4.69) is 10.1 Å². The molecule has 0 aliphatic carbocycles. The SMILES string of the molecule is Cc1cccc(NC(=O)CCOCC(F)(F)F)c1C. The zero-order valence-corrected chi connectivity index (χ0v) is 10.8. The van der Waals surface area contributed by atoms with Crippen LogP contribution in [0.15, 0.2) is 18.2 Å². The molecule has 1 rings (SSSR count). The quantitative estimate of drug-likeness (QED) is 0.838. The lowest BCUT2D eigenvalue weighted by atomic mass is 10.1. The monoisotopic (exact) mass is 275 g/mol. The number of benzene rings is 1. The zero-order chi connectivity index (χ0) is 14.5. The minimum absolute atomic E-state index is 0.108. The highest BCUT2D eigenvalue weighted by atomic mass is 19.4. The number of amides is 1. The van der Waals surface area contributed by atoms with Gasteiger partial charge in [-0.1, -0.05) is 12.1 Å². The van der Waals surface area contributed by atoms with Gasteiger partial charge in [-0.05, 0) is 31.0 Å². The average Bonchev–Trinajstić information content (AvgIpc) is 2.29. The largest absolute Gasteiger partial charge is 0.411 e. The van der Waals surface area contributed by atoms with Crippen molar-refractivity contribution in [2.75, 3.05) is 18.5 Å². The number of halogens is 3. The molecule has 0 atom stereocenters. The summed E-state index contributed by atoms with van der Waals surface area (Å²) in [5.74, 6) is -0.365. The number of aryl methyl sites for hydroxylation is 1. The van der Waals surface area contributed by atoms with Crippen LogP contribution >= 0.6 is 0 Å². The number of alkyl halides is 3. The lowest BCUT2D eigenvalue weighted by Gasteiger charge is -2.11. The number of carbonyl (C=O) groups excluding carboxylic acids is 1. The highest BCUT2D eigenvalue weighted by Crippen LogP contribution is 2.18. The van der Waals surface area contributed by atoms with Crippen LogP contribution in [-0.2, 0) is 9.53 Å². The van der Waals surface area contributed by atoms with Crippen LogP contribution in [0, 0.1) is 13.8 Å². The van der Waals surface area contributed by atoms with Crippen LogP contribution in [0.1, 0.15) is 17.5 Å². The van der Waals surface area contributed by atoms with Crippen LogP contribution in [0.2, 0.25) is 0 Å². The van der Waals surface area contributed by atoms with Gasteiger partial charge in [-0.2, -0.15) is 13.2 Å². The number of anilines is 1. The summed E-state index contributed by atoms with van der Waals surface area (Å²) in [6.45, 7) is 2.20. The van der Waals surface area contributed by atoms with Crippen molar-refractivity contribution in [3.63, 3.8) is 0 Å². The first-order valence-electron chi connectivity index (χ1n) is 5.80. The lowest BCUT2D eigenvalue weighted by Crippen LogP contribution is -2.20. The number of carbonyl (C=O) groups is 1. The van der Waals surface area contributed by atoms with E-state index in [0.29, 0.717) is 5.69 Å². The smallest absolute Gasteiger partial charge is 0.372 e. The van der Waals surface area contributed by atoms with Gasteiger partial charge in [0, 0.05) is 5.69 Å². The van der Waals surface area contributed by atoms with E-state index in [1.807, 2.05) is 19.9 Å². The molecular formula is C13H16F3NO2. The van der Waals surface area contributed by atoms with Gasteiger partial charge in [-0.25, -0.2) is 0 Å². The van der Waals surface area contributed by atoms with Crippen LogP contribution in [0.5, 0.6) is 0 Å². The maximum Gasteiger partial charge on any atom is 0.411 e. The Kier molecular flexibility index (Phi) is 5.35. The second kappa shape index (κ2) is 6.56. The van der Waals surface area contributed by atoms with Gasteiger partial charge in [0.25, 0.3) is 0 Å². The van der Waals surface area contributed by atoms with Gasteiger partial charge in [-0.3, -0.25) is 4.79 Å². The van der Waals surface area contributed by atoms with E-state index in [4.69, 9.17) is 0 Å². The molecule has 3 nitrogen and oxygen atoms in total. The van der Waals surface area contributed by atoms with Gasteiger partial charge >= 0.3 is 6.18 Å². The molecular weight excluding hydrogens is 259 g/mol. The van der Waals surface area contributed by atoms with Gasteiger partial charge in [0.1, 0.15) is 6.61 Å². The molecule has 1 aromatic carbocycles. The van der Waals surface area contributed by atoms with Crippen LogP contribution < -0.4 is 5.32 Å². The van der Waals surface area contributed by atoms with Gasteiger partial charge in [0.15, 0.2) is 0 Å². The summed E-state index contributed by atoms with van der Waals surface area (Å²) in [5, 5.41) is 2.65. The van der Waals surface area contributed by atoms with Gasteiger partial charge in [-0.15, -0.1) is 0 Å². The highest BCUT2D eigenvalue weighted by Gasteiger charge is 2.27. The molecule has 0 spiro atoms. The molecule has 0 radical (unpaired) electrons. The highest BCUT2D eigenvalue weighted by molar-refractivity contribution is 5.91. The van der Waals surface area contributed by atoms with Crippen molar-refractivity contribution in [3.8, 4) is 0 Å². The molecule has 0 aliphatic rings. The van der Waals surface area contributed by atoms with Gasteiger partial charge in [0.2, 0.25) is 5.91 Å². The second-order valence-electron chi connectivity index (χ2n) is 4.21. The fourth-order valence-electron chi connectivity index (χ4n) is 1.45. The number of nitrogens with one attached hydrogen (secondary N) is 1. The Balaban J connectivity index is 2.38. The lowest BCUT2D eigenvalue weighted by molar-refractivity contribution is -0.174. The normalized spacial score (nSPS) is 11.4. The van der Waals surface area contributed by atoms with Crippen LogP contribution in [0.4, 0.5) is 18.9 Å². The summed E-state index contributed by atoms with van der Waals surface area (Å²) in [5.41, 5.74) is 2.64. The standard InChI is InChI=1S/C13H16F3NO2/c1-9-4-3-5-11(10(9)2)17-12(18)6-7-19-8-13(14,15)16/h3-5H,6-8H2,1-2H3,(H,17,18). The van der Waals surface area contributed by atoms with Crippen LogP contribution in [0.25, 0.3) is 0 Å². The molecule has 106 valence electrons. The maximum absolute atomic E-state index is 11.8. The third-order valence-electron chi connectivity index (χ3n) is 2.62. The molecule has 0 bridgehead atoms. The second-order valence-corrected chi connectivity index (χ2v) is 4.21. The van der Waals surface area contributed by atoms with E-state index < -0.39 is 12.8 Å². The summed E-state index contributed by atoms with van der Waals surface area (Å²) >= 11 is 0. The Morgan fingerprint density at radius 1 is 1.32 bits per heavy atom. The average molecular weight is 275 g/mol. The molecule has 0 fully saturated rings. The number of rotatable bonds is 5. The fraction of sp³-hybridized carbons (Fsp3) is 0.462. The minimum Gasteiger partial charge on any atom is -0.372 e.